The molecule has 0 rings (SSSR count). The zero-order valence-corrected chi connectivity index (χ0v) is 15.5. The zero-order chi connectivity index (χ0) is 17.7. The third kappa shape index (κ3) is 7.78. The first-order valence-corrected chi connectivity index (χ1v) is 7.98. The summed E-state index contributed by atoms with van der Waals surface area (Å²) in [5, 5.41) is 0. The summed E-state index contributed by atoms with van der Waals surface area (Å²) in [6, 6.07) is -0.553. The smallest absolute Gasteiger partial charge is 0.365 e. The minimum absolute atomic E-state index is 0.0966. The number of esters is 2. The maximum atomic E-state index is 12.0. The standard InChI is InChI=1S/C17H33NO4/c1-11(16(3,4)5)21-14(19)10-9-13(18)15(20)22-12(2)17(6,7)8/h11-13H,9-10,18H2,1-8H3/p+1/t11-,12+,13+/m0/s1. The highest BCUT2D eigenvalue weighted by molar-refractivity contribution is 5.76. The van der Waals surface area contributed by atoms with E-state index in [0.717, 1.165) is 0 Å². The van der Waals surface area contributed by atoms with Crippen LogP contribution in [0.25, 0.3) is 0 Å². The number of quaternary nitrogens is 1. The Hall–Kier alpha value is -1.10. The van der Waals surface area contributed by atoms with Crippen LogP contribution in [0.4, 0.5) is 0 Å². The lowest BCUT2D eigenvalue weighted by Crippen LogP contribution is -2.65. The maximum Gasteiger partial charge on any atom is 0.365 e. The molecule has 5 heteroatoms. The highest BCUT2D eigenvalue weighted by Crippen LogP contribution is 2.23. The lowest BCUT2D eigenvalue weighted by atomic mass is 9.90. The highest BCUT2D eigenvalue weighted by Gasteiger charge is 2.29. The van der Waals surface area contributed by atoms with E-state index < -0.39 is 6.04 Å². The van der Waals surface area contributed by atoms with Gasteiger partial charge in [-0.25, -0.2) is 4.79 Å². The summed E-state index contributed by atoms with van der Waals surface area (Å²) in [5.74, 6) is -0.660. The predicted molar refractivity (Wildman–Crippen MR) is 85.9 cm³/mol. The first kappa shape index (κ1) is 20.9. The molecule has 22 heavy (non-hydrogen) atoms. The first-order valence-electron chi connectivity index (χ1n) is 7.98. The van der Waals surface area contributed by atoms with Crippen LogP contribution in [0, 0.1) is 10.8 Å². The molecule has 0 aliphatic heterocycles. The molecule has 0 radical (unpaired) electrons. The molecule has 0 unspecified atom stereocenters. The average Bonchev–Trinajstić information content (AvgIpc) is 2.33. The van der Waals surface area contributed by atoms with Crippen molar-refractivity contribution < 1.29 is 24.8 Å². The Kier molecular flexibility index (Phi) is 7.55. The predicted octanol–water partition coefficient (Wildman–Crippen LogP) is 2.33. The van der Waals surface area contributed by atoms with Gasteiger partial charge in [0, 0.05) is 6.42 Å². The van der Waals surface area contributed by atoms with Crippen molar-refractivity contribution in [1.82, 2.24) is 0 Å². The number of hydrogen-bond acceptors (Lipinski definition) is 4. The van der Waals surface area contributed by atoms with Gasteiger partial charge in [-0.1, -0.05) is 41.5 Å². The fourth-order valence-electron chi connectivity index (χ4n) is 1.29. The van der Waals surface area contributed by atoms with Gasteiger partial charge in [0.05, 0.1) is 6.42 Å². The van der Waals surface area contributed by atoms with E-state index in [-0.39, 0.29) is 41.4 Å². The van der Waals surface area contributed by atoms with Crippen molar-refractivity contribution in [2.24, 2.45) is 10.8 Å². The van der Waals surface area contributed by atoms with Crippen molar-refractivity contribution in [3.63, 3.8) is 0 Å². The zero-order valence-electron chi connectivity index (χ0n) is 15.5. The summed E-state index contributed by atoms with van der Waals surface area (Å²) in [5.41, 5.74) is 3.58. The fourth-order valence-corrected chi connectivity index (χ4v) is 1.29. The van der Waals surface area contributed by atoms with Crippen LogP contribution in [0.5, 0.6) is 0 Å². The molecule has 0 aromatic heterocycles. The van der Waals surface area contributed by atoms with E-state index in [2.05, 4.69) is 5.73 Å². The van der Waals surface area contributed by atoms with Crippen molar-refractivity contribution in [3.05, 3.63) is 0 Å². The summed E-state index contributed by atoms with van der Waals surface area (Å²) in [6.07, 6.45) is 0.146. The molecule has 0 amide bonds. The number of carbonyl (C=O) groups excluding carboxylic acids is 2. The van der Waals surface area contributed by atoms with Crippen molar-refractivity contribution in [1.29, 1.82) is 0 Å². The van der Waals surface area contributed by atoms with Gasteiger partial charge in [0.25, 0.3) is 0 Å². The average molecular weight is 316 g/mol. The molecule has 0 saturated heterocycles. The molecule has 0 saturated carbocycles. The Morgan fingerprint density at radius 2 is 1.32 bits per heavy atom. The Morgan fingerprint density at radius 1 is 0.909 bits per heavy atom. The van der Waals surface area contributed by atoms with E-state index in [0.29, 0.717) is 6.42 Å². The maximum absolute atomic E-state index is 12.0. The van der Waals surface area contributed by atoms with Crippen molar-refractivity contribution in [3.8, 4) is 0 Å². The lowest BCUT2D eigenvalue weighted by molar-refractivity contribution is -0.410. The Labute approximate surface area is 134 Å². The molecule has 0 bridgehead atoms. The Morgan fingerprint density at radius 3 is 1.73 bits per heavy atom. The van der Waals surface area contributed by atoms with Gasteiger partial charge < -0.3 is 15.2 Å². The number of ether oxygens (including phenoxy) is 2. The second kappa shape index (κ2) is 7.95. The van der Waals surface area contributed by atoms with Gasteiger partial charge in [0.1, 0.15) is 12.2 Å². The third-order valence-electron chi connectivity index (χ3n) is 4.07. The molecule has 0 aliphatic carbocycles. The minimum atomic E-state index is -0.553. The fraction of sp³-hybridized carbons (Fsp3) is 0.882. The van der Waals surface area contributed by atoms with E-state index in [1.54, 1.807) is 0 Å². The molecule has 130 valence electrons. The topological polar surface area (TPSA) is 80.2 Å². The van der Waals surface area contributed by atoms with E-state index in [1.165, 1.54) is 0 Å². The molecule has 3 atom stereocenters. The molecule has 0 aromatic carbocycles. The molecule has 0 fully saturated rings. The normalized spacial score (nSPS) is 16.6. The molecular weight excluding hydrogens is 282 g/mol. The van der Waals surface area contributed by atoms with Crippen LogP contribution in [-0.2, 0) is 19.1 Å². The van der Waals surface area contributed by atoms with Gasteiger partial charge in [-0.15, -0.1) is 0 Å². The van der Waals surface area contributed by atoms with Gasteiger partial charge in [-0.3, -0.25) is 4.79 Å². The molecule has 0 spiro atoms. The number of rotatable bonds is 6. The van der Waals surface area contributed by atoms with Gasteiger partial charge >= 0.3 is 11.9 Å². The molecular formula is C17H34NO4+. The molecule has 5 nitrogen and oxygen atoms in total. The van der Waals surface area contributed by atoms with Crippen molar-refractivity contribution >= 4 is 11.9 Å². The second-order valence-electron chi connectivity index (χ2n) is 8.18. The Bertz CT molecular complexity index is 379. The van der Waals surface area contributed by atoms with E-state index >= 15 is 0 Å². The molecule has 0 heterocycles. The Balaban J connectivity index is 4.25. The summed E-state index contributed by atoms with van der Waals surface area (Å²) in [6.45, 7) is 15.8. The number of hydrogen-bond donors (Lipinski definition) is 1. The summed E-state index contributed by atoms with van der Waals surface area (Å²) < 4.78 is 10.8. The highest BCUT2D eigenvalue weighted by atomic mass is 16.5. The van der Waals surface area contributed by atoms with Gasteiger partial charge in [0.2, 0.25) is 0 Å². The van der Waals surface area contributed by atoms with Crippen LogP contribution in [0.1, 0.15) is 68.2 Å². The molecule has 0 aromatic rings. The molecule has 3 N–H and O–H groups in total. The monoisotopic (exact) mass is 316 g/mol. The SMILES string of the molecule is C[C@H](OC(=O)CC[C@@H]([NH3+])C(=O)O[C@H](C)C(C)(C)C)C(C)(C)C. The van der Waals surface area contributed by atoms with E-state index in [1.807, 2.05) is 55.4 Å². The van der Waals surface area contributed by atoms with Gasteiger partial charge in [0.15, 0.2) is 6.04 Å². The van der Waals surface area contributed by atoms with Crippen LogP contribution in [0.2, 0.25) is 0 Å². The van der Waals surface area contributed by atoms with Crippen LogP contribution < -0.4 is 5.73 Å². The quantitative estimate of drug-likeness (QED) is 0.763. The molecule has 0 aliphatic rings. The van der Waals surface area contributed by atoms with E-state index in [9.17, 15) is 9.59 Å². The van der Waals surface area contributed by atoms with Crippen LogP contribution in [-0.4, -0.2) is 30.2 Å². The summed E-state index contributed by atoms with van der Waals surface area (Å²) in [7, 11) is 0. The summed E-state index contributed by atoms with van der Waals surface area (Å²) in [4.78, 5) is 23.8. The summed E-state index contributed by atoms with van der Waals surface area (Å²) >= 11 is 0. The van der Waals surface area contributed by atoms with Crippen molar-refractivity contribution in [2.75, 3.05) is 0 Å². The van der Waals surface area contributed by atoms with Gasteiger partial charge in [-0.05, 0) is 24.7 Å². The van der Waals surface area contributed by atoms with E-state index in [4.69, 9.17) is 9.47 Å². The largest absolute Gasteiger partial charge is 0.462 e. The minimum Gasteiger partial charge on any atom is -0.462 e. The van der Waals surface area contributed by atoms with Gasteiger partial charge in [-0.2, -0.15) is 0 Å². The van der Waals surface area contributed by atoms with Crippen LogP contribution in [0.15, 0.2) is 0 Å². The first-order chi connectivity index (χ1) is 9.75. The second-order valence-corrected chi connectivity index (χ2v) is 8.18. The third-order valence-corrected chi connectivity index (χ3v) is 4.07. The van der Waals surface area contributed by atoms with Crippen LogP contribution in [0.3, 0.4) is 0 Å². The van der Waals surface area contributed by atoms with Crippen LogP contribution >= 0.6 is 0 Å². The van der Waals surface area contributed by atoms with Crippen molar-refractivity contribution in [2.45, 2.75) is 86.5 Å². The lowest BCUT2D eigenvalue weighted by Gasteiger charge is -2.27. The number of carbonyl (C=O) groups is 2.